The molecule has 0 saturated heterocycles. The number of aromatic carboxylic acids is 1. The standard InChI is InChI=1S/C19H14F3NO2/c1-2-14-15-8-3-4-9-16(15)23(17(14)18(24)25)11-12-6-5-7-13(10-12)19(20,21)22/h2-10H,1,11H2,(H,24,25). The molecule has 0 aliphatic carbocycles. The van der Waals surface area contributed by atoms with E-state index in [2.05, 4.69) is 6.58 Å². The van der Waals surface area contributed by atoms with Gasteiger partial charge >= 0.3 is 12.1 Å². The fourth-order valence-electron chi connectivity index (χ4n) is 2.96. The minimum absolute atomic E-state index is 0.00797. The molecule has 3 nitrogen and oxygen atoms in total. The maximum absolute atomic E-state index is 12.9. The van der Waals surface area contributed by atoms with Crippen molar-refractivity contribution in [2.75, 3.05) is 0 Å². The molecular weight excluding hydrogens is 331 g/mol. The molecule has 3 rings (SSSR count). The number of carbonyl (C=O) groups is 1. The van der Waals surface area contributed by atoms with Crippen LogP contribution in [0.2, 0.25) is 0 Å². The van der Waals surface area contributed by atoms with Crippen LogP contribution in [0.4, 0.5) is 13.2 Å². The molecule has 3 aromatic rings. The number of para-hydroxylation sites is 1. The molecule has 1 heterocycles. The molecule has 0 bridgehead atoms. The summed E-state index contributed by atoms with van der Waals surface area (Å²) < 4.78 is 40.2. The maximum atomic E-state index is 12.9. The van der Waals surface area contributed by atoms with Gasteiger partial charge in [0.05, 0.1) is 5.56 Å². The van der Waals surface area contributed by atoms with E-state index >= 15 is 0 Å². The summed E-state index contributed by atoms with van der Waals surface area (Å²) in [6, 6.07) is 11.9. The average molecular weight is 345 g/mol. The summed E-state index contributed by atoms with van der Waals surface area (Å²) >= 11 is 0. The van der Waals surface area contributed by atoms with Crippen molar-refractivity contribution in [3.63, 3.8) is 0 Å². The van der Waals surface area contributed by atoms with E-state index in [-0.39, 0.29) is 12.2 Å². The molecule has 2 aromatic carbocycles. The molecule has 1 aromatic heterocycles. The number of aromatic nitrogens is 1. The Morgan fingerprint density at radius 1 is 1.16 bits per heavy atom. The molecule has 0 fully saturated rings. The van der Waals surface area contributed by atoms with Gasteiger partial charge in [-0.15, -0.1) is 0 Å². The lowest BCUT2D eigenvalue weighted by atomic mass is 10.1. The predicted octanol–water partition coefficient (Wildman–Crippen LogP) is 5.05. The molecule has 1 N–H and O–H groups in total. The summed E-state index contributed by atoms with van der Waals surface area (Å²) in [7, 11) is 0. The van der Waals surface area contributed by atoms with Gasteiger partial charge in [-0.05, 0) is 23.8 Å². The second-order valence-corrected chi connectivity index (χ2v) is 5.57. The van der Waals surface area contributed by atoms with Crippen LogP contribution in [0, 0.1) is 0 Å². The van der Waals surface area contributed by atoms with Crippen molar-refractivity contribution in [1.29, 1.82) is 0 Å². The summed E-state index contributed by atoms with van der Waals surface area (Å²) in [5.74, 6) is -1.15. The first-order valence-corrected chi connectivity index (χ1v) is 7.46. The summed E-state index contributed by atoms with van der Waals surface area (Å²) in [6.07, 6.45) is -2.99. The third-order valence-electron chi connectivity index (χ3n) is 4.01. The fourth-order valence-corrected chi connectivity index (χ4v) is 2.96. The Labute approximate surface area is 141 Å². The zero-order valence-electron chi connectivity index (χ0n) is 13.0. The highest BCUT2D eigenvalue weighted by molar-refractivity contribution is 6.02. The van der Waals surface area contributed by atoms with E-state index in [1.807, 2.05) is 0 Å². The van der Waals surface area contributed by atoms with Crippen LogP contribution in [-0.4, -0.2) is 15.6 Å². The second-order valence-electron chi connectivity index (χ2n) is 5.57. The Morgan fingerprint density at radius 3 is 2.52 bits per heavy atom. The molecule has 0 saturated carbocycles. The van der Waals surface area contributed by atoms with Crippen molar-refractivity contribution in [2.45, 2.75) is 12.7 Å². The first-order chi connectivity index (χ1) is 11.8. The van der Waals surface area contributed by atoms with E-state index in [0.29, 0.717) is 22.0 Å². The fraction of sp³-hybridized carbons (Fsp3) is 0.105. The average Bonchev–Trinajstić information content (AvgIpc) is 2.88. The van der Waals surface area contributed by atoms with Crippen LogP contribution < -0.4 is 0 Å². The van der Waals surface area contributed by atoms with Gasteiger partial charge in [0.2, 0.25) is 0 Å². The van der Waals surface area contributed by atoms with Gasteiger partial charge in [0.1, 0.15) is 5.69 Å². The number of hydrogen-bond donors (Lipinski definition) is 1. The van der Waals surface area contributed by atoms with Crippen LogP contribution in [0.1, 0.15) is 27.2 Å². The topological polar surface area (TPSA) is 42.2 Å². The van der Waals surface area contributed by atoms with Crippen LogP contribution in [0.3, 0.4) is 0 Å². The van der Waals surface area contributed by atoms with Crippen molar-refractivity contribution < 1.29 is 23.1 Å². The van der Waals surface area contributed by atoms with Crippen LogP contribution in [0.15, 0.2) is 55.1 Å². The molecule has 0 aliphatic rings. The van der Waals surface area contributed by atoms with Gasteiger partial charge in [0.15, 0.2) is 0 Å². The van der Waals surface area contributed by atoms with Gasteiger partial charge in [0.25, 0.3) is 0 Å². The SMILES string of the molecule is C=Cc1c(C(=O)O)n(Cc2cccc(C(F)(F)F)c2)c2ccccc12. The van der Waals surface area contributed by atoms with Crippen LogP contribution in [0.5, 0.6) is 0 Å². The number of benzene rings is 2. The van der Waals surface area contributed by atoms with Crippen LogP contribution in [0.25, 0.3) is 17.0 Å². The zero-order valence-corrected chi connectivity index (χ0v) is 13.0. The van der Waals surface area contributed by atoms with Gasteiger partial charge < -0.3 is 9.67 Å². The zero-order chi connectivity index (χ0) is 18.2. The number of nitrogens with zero attached hydrogens (tertiary/aromatic N) is 1. The number of hydrogen-bond acceptors (Lipinski definition) is 1. The second kappa shape index (κ2) is 6.12. The monoisotopic (exact) mass is 345 g/mol. The molecule has 128 valence electrons. The predicted molar refractivity (Wildman–Crippen MR) is 89.5 cm³/mol. The van der Waals surface area contributed by atoms with Gasteiger partial charge in [-0.2, -0.15) is 13.2 Å². The number of rotatable bonds is 4. The van der Waals surface area contributed by atoms with Crippen LogP contribution >= 0.6 is 0 Å². The van der Waals surface area contributed by atoms with Gasteiger partial charge in [-0.1, -0.05) is 43.0 Å². The van der Waals surface area contributed by atoms with E-state index in [1.165, 1.54) is 16.7 Å². The lowest BCUT2D eigenvalue weighted by molar-refractivity contribution is -0.137. The highest BCUT2D eigenvalue weighted by Crippen LogP contribution is 2.31. The van der Waals surface area contributed by atoms with Gasteiger partial charge in [0, 0.05) is 23.0 Å². The Kier molecular flexibility index (Phi) is 4.12. The first-order valence-electron chi connectivity index (χ1n) is 7.46. The molecule has 0 radical (unpaired) electrons. The van der Waals surface area contributed by atoms with Crippen molar-refractivity contribution in [3.05, 3.63) is 77.5 Å². The van der Waals surface area contributed by atoms with E-state index < -0.39 is 17.7 Å². The smallest absolute Gasteiger partial charge is 0.416 e. The van der Waals surface area contributed by atoms with E-state index in [1.54, 1.807) is 30.3 Å². The molecule has 0 unspecified atom stereocenters. The number of carboxylic acids is 1. The van der Waals surface area contributed by atoms with Gasteiger partial charge in [-0.25, -0.2) is 4.79 Å². The largest absolute Gasteiger partial charge is 0.477 e. The Bertz CT molecular complexity index is 970. The lowest BCUT2D eigenvalue weighted by Crippen LogP contribution is -2.11. The van der Waals surface area contributed by atoms with Crippen molar-refractivity contribution in [3.8, 4) is 0 Å². The summed E-state index contributed by atoms with van der Waals surface area (Å²) in [5, 5.41) is 10.3. The molecule has 25 heavy (non-hydrogen) atoms. The minimum atomic E-state index is -4.45. The van der Waals surface area contributed by atoms with E-state index in [4.69, 9.17) is 0 Å². The Hall–Kier alpha value is -3.02. The third kappa shape index (κ3) is 3.03. The van der Waals surface area contributed by atoms with Gasteiger partial charge in [-0.3, -0.25) is 0 Å². The molecule has 0 spiro atoms. The Morgan fingerprint density at radius 2 is 1.88 bits per heavy atom. The summed E-state index contributed by atoms with van der Waals surface area (Å²) in [4.78, 5) is 11.7. The minimum Gasteiger partial charge on any atom is -0.477 e. The van der Waals surface area contributed by atoms with Crippen LogP contribution in [-0.2, 0) is 12.7 Å². The number of halogens is 3. The quantitative estimate of drug-likeness (QED) is 0.719. The van der Waals surface area contributed by atoms with Crippen molar-refractivity contribution >= 4 is 22.9 Å². The van der Waals surface area contributed by atoms with E-state index in [9.17, 15) is 23.1 Å². The molecule has 6 heteroatoms. The van der Waals surface area contributed by atoms with Crippen molar-refractivity contribution in [2.24, 2.45) is 0 Å². The summed E-state index contributed by atoms with van der Waals surface area (Å²) in [6.45, 7) is 3.68. The lowest BCUT2D eigenvalue weighted by Gasteiger charge is -2.12. The third-order valence-corrected chi connectivity index (χ3v) is 4.01. The Balaban J connectivity index is 2.18. The highest BCUT2D eigenvalue weighted by atomic mass is 19.4. The summed E-state index contributed by atoms with van der Waals surface area (Å²) in [5.41, 5.74) is 0.701. The first kappa shape index (κ1) is 16.8. The number of carboxylic acid groups (broad SMARTS) is 1. The number of alkyl halides is 3. The molecule has 0 amide bonds. The van der Waals surface area contributed by atoms with E-state index in [0.717, 1.165) is 12.1 Å². The molecule has 0 aliphatic heterocycles. The molecular formula is C19H14F3NO2. The number of fused-ring (bicyclic) bond motifs is 1. The maximum Gasteiger partial charge on any atom is 0.416 e. The normalized spacial score (nSPS) is 11.6. The van der Waals surface area contributed by atoms with Crippen molar-refractivity contribution in [1.82, 2.24) is 4.57 Å². The molecule has 0 atom stereocenters. The highest BCUT2D eigenvalue weighted by Gasteiger charge is 2.30.